The number of nitrogens with zero attached hydrogens (tertiary/aromatic N) is 7. The lowest BCUT2D eigenvalue weighted by molar-refractivity contribution is -0.135. The Morgan fingerprint density at radius 2 is 1.17 bits per heavy atom. The lowest BCUT2D eigenvalue weighted by Gasteiger charge is -2.46. The van der Waals surface area contributed by atoms with Crippen molar-refractivity contribution in [3.8, 4) is 17.2 Å². The highest BCUT2D eigenvalue weighted by Gasteiger charge is 2.51. The number of carbonyl (C=O) groups excluding carboxylic acids is 1. The van der Waals surface area contributed by atoms with Crippen LogP contribution in [0.2, 0.25) is 10.0 Å². The van der Waals surface area contributed by atoms with E-state index in [4.69, 9.17) is 37.4 Å². The van der Waals surface area contributed by atoms with Gasteiger partial charge in [-0.15, -0.1) is 10.2 Å². The summed E-state index contributed by atoms with van der Waals surface area (Å²) in [4.78, 5) is 15.4. The summed E-state index contributed by atoms with van der Waals surface area (Å²) < 4.78 is 21.8. The van der Waals surface area contributed by atoms with E-state index in [9.17, 15) is 4.79 Å². The molecule has 0 bridgehead atoms. The molecule has 2 atom stereocenters. The van der Waals surface area contributed by atoms with E-state index in [1.165, 1.54) is 0 Å². The molecule has 8 rings (SSSR count). The Morgan fingerprint density at radius 1 is 0.630 bits per heavy atom. The van der Waals surface area contributed by atoms with Crippen LogP contribution in [-0.4, -0.2) is 42.0 Å². The number of benzene rings is 5. The molecule has 0 radical (unpaired) electrons. The normalized spacial score (nSPS) is 15.1. The second kappa shape index (κ2) is 15.8. The minimum atomic E-state index is -0.829. The topological polar surface area (TPSA) is 109 Å². The van der Waals surface area contributed by atoms with E-state index in [2.05, 4.69) is 20.6 Å². The molecule has 1 saturated heterocycles. The summed E-state index contributed by atoms with van der Waals surface area (Å²) in [6, 6.07) is 39.5. The van der Waals surface area contributed by atoms with Crippen LogP contribution in [0.15, 0.2) is 140 Å². The number of halogens is 2. The Kier molecular flexibility index (Phi) is 10.2. The van der Waals surface area contributed by atoms with E-state index < -0.39 is 12.1 Å². The Hall–Kier alpha value is -6.17. The van der Waals surface area contributed by atoms with Gasteiger partial charge in [-0.05, 0) is 71.3 Å². The van der Waals surface area contributed by atoms with Crippen LogP contribution in [0.1, 0.15) is 34.1 Å². The monoisotopic (exact) mass is 757 g/mol. The first kappa shape index (κ1) is 34.9. The van der Waals surface area contributed by atoms with Crippen molar-refractivity contribution in [3.63, 3.8) is 0 Å². The van der Waals surface area contributed by atoms with Crippen LogP contribution < -0.4 is 19.1 Å². The number of hydrogen-bond acceptors (Lipinski definition) is 8. The van der Waals surface area contributed by atoms with Crippen molar-refractivity contribution in [2.45, 2.75) is 38.4 Å². The number of hydrogen-bond donors (Lipinski definition) is 0. The average Bonchev–Trinajstić information content (AvgIpc) is 3.85. The minimum Gasteiger partial charge on any atom is -0.487 e. The first-order chi connectivity index (χ1) is 26.4. The van der Waals surface area contributed by atoms with Gasteiger partial charge in [-0.3, -0.25) is 9.69 Å². The third kappa shape index (κ3) is 8.07. The number of rotatable bonds is 14. The SMILES string of the molecule is O=C1[C@@H](Oc2ccc(Cl)cc2Cl)[C@@H](c2ccc(OCc3cn(Cc4ccccc4)nn3)cc2)N1c1ccc(OCc2cn(Cc3ccccc3)nn2)cc1. The van der Waals surface area contributed by atoms with Crippen molar-refractivity contribution in [3.05, 3.63) is 178 Å². The molecule has 5 aromatic carbocycles. The third-order valence-corrected chi connectivity index (χ3v) is 9.38. The van der Waals surface area contributed by atoms with Gasteiger partial charge in [0, 0.05) is 10.7 Å². The summed E-state index contributed by atoms with van der Waals surface area (Å²) in [7, 11) is 0. The van der Waals surface area contributed by atoms with E-state index >= 15 is 0 Å². The van der Waals surface area contributed by atoms with Gasteiger partial charge >= 0.3 is 0 Å². The highest BCUT2D eigenvalue weighted by atomic mass is 35.5. The van der Waals surface area contributed by atoms with Crippen molar-refractivity contribution in [1.82, 2.24) is 30.0 Å². The molecule has 7 aromatic rings. The summed E-state index contributed by atoms with van der Waals surface area (Å²) in [5.74, 6) is 1.43. The molecule has 1 amide bonds. The molecule has 0 unspecified atom stereocenters. The Morgan fingerprint density at radius 3 is 1.70 bits per heavy atom. The maximum atomic E-state index is 13.7. The number of ether oxygens (including phenoxy) is 3. The van der Waals surface area contributed by atoms with Gasteiger partial charge in [0.2, 0.25) is 6.10 Å². The smallest absolute Gasteiger partial charge is 0.271 e. The van der Waals surface area contributed by atoms with Gasteiger partial charge in [-0.25, -0.2) is 9.36 Å². The lowest BCUT2D eigenvalue weighted by Crippen LogP contribution is -2.61. The highest BCUT2D eigenvalue weighted by Crippen LogP contribution is 2.43. The van der Waals surface area contributed by atoms with Gasteiger partial charge in [0.05, 0.1) is 30.5 Å². The molecule has 1 aliphatic rings. The number of aromatic nitrogens is 6. The number of β-lactam (4-membered cyclic amide) rings is 1. The molecule has 2 aromatic heterocycles. The quantitative estimate of drug-likeness (QED) is 0.103. The lowest BCUT2D eigenvalue weighted by atomic mass is 9.89. The van der Waals surface area contributed by atoms with Gasteiger partial charge < -0.3 is 14.2 Å². The fraction of sp³-hybridized carbons (Fsp3) is 0.146. The van der Waals surface area contributed by atoms with E-state index in [0.29, 0.717) is 57.5 Å². The molecule has 54 heavy (non-hydrogen) atoms. The Bertz CT molecular complexity index is 2340. The van der Waals surface area contributed by atoms with Crippen LogP contribution in [-0.2, 0) is 31.1 Å². The van der Waals surface area contributed by atoms with Crippen molar-refractivity contribution < 1.29 is 19.0 Å². The van der Waals surface area contributed by atoms with Gasteiger partial charge in [-0.2, -0.15) is 0 Å². The van der Waals surface area contributed by atoms with E-state index in [1.54, 1.807) is 32.5 Å². The molecular weight excluding hydrogens is 725 g/mol. The molecule has 11 nitrogen and oxygen atoms in total. The number of carbonyl (C=O) groups is 1. The van der Waals surface area contributed by atoms with Gasteiger partial charge in [0.15, 0.2) is 0 Å². The van der Waals surface area contributed by atoms with Crippen LogP contribution in [0.5, 0.6) is 17.2 Å². The van der Waals surface area contributed by atoms with Crippen LogP contribution in [0.25, 0.3) is 0 Å². The zero-order valence-electron chi connectivity index (χ0n) is 28.8. The van der Waals surface area contributed by atoms with Crippen molar-refractivity contribution >= 4 is 34.8 Å². The van der Waals surface area contributed by atoms with Crippen molar-refractivity contribution in [2.75, 3.05) is 4.90 Å². The number of amides is 1. The zero-order chi connectivity index (χ0) is 36.9. The molecule has 0 spiro atoms. The Balaban J connectivity index is 0.942. The third-order valence-electron chi connectivity index (χ3n) is 8.85. The fourth-order valence-electron chi connectivity index (χ4n) is 6.18. The van der Waals surface area contributed by atoms with Crippen molar-refractivity contribution in [1.29, 1.82) is 0 Å². The van der Waals surface area contributed by atoms with Gasteiger partial charge in [-0.1, -0.05) is 106 Å². The van der Waals surface area contributed by atoms with E-state index in [0.717, 1.165) is 16.7 Å². The van der Waals surface area contributed by atoms with Crippen LogP contribution >= 0.6 is 23.2 Å². The van der Waals surface area contributed by atoms with E-state index in [-0.39, 0.29) is 19.1 Å². The average molecular weight is 759 g/mol. The molecule has 3 heterocycles. The molecule has 270 valence electrons. The molecule has 0 N–H and O–H groups in total. The largest absolute Gasteiger partial charge is 0.487 e. The van der Waals surface area contributed by atoms with Gasteiger partial charge in [0.25, 0.3) is 5.91 Å². The van der Waals surface area contributed by atoms with E-state index in [1.807, 2.05) is 122 Å². The van der Waals surface area contributed by atoms with Crippen LogP contribution in [0, 0.1) is 0 Å². The first-order valence-corrected chi connectivity index (χ1v) is 18.0. The number of anilines is 1. The summed E-state index contributed by atoms with van der Waals surface area (Å²) in [6.45, 7) is 1.75. The standard InChI is InChI=1S/C41H33Cl2N7O4/c42-31-13-20-38(37(43)21-31)54-40-39(30-11-16-35(17-12-30)52-26-32-24-48(46-44-32)22-28-7-3-1-4-8-28)50(41(40)51)34-14-18-36(19-15-34)53-27-33-25-49(47-45-33)23-29-9-5-2-6-10-29/h1-21,24-25,39-40H,22-23,26-27H2/t39-,40+/m1/s1. The summed E-state index contributed by atoms with van der Waals surface area (Å²) in [5.41, 5.74) is 5.22. The zero-order valence-corrected chi connectivity index (χ0v) is 30.3. The molecule has 0 aliphatic carbocycles. The van der Waals surface area contributed by atoms with Crippen LogP contribution in [0.4, 0.5) is 5.69 Å². The molecule has 13 heteroatoms. The van der Waals surface area contributed by atoms with Crippen molar-refractivity contribution in [2.24, 2.45) is 0 Å². The second-order valence-corrected chi connectivity index (χ2v) is 13.5. The van der Waals surface area contributed by atoms with Crippen LogP contribution in [0.3, 0.4) is 0 Å². The molecule has 1 aliphatic heterocycles. The molecule has 0 saturated carbocycles. The summed E-state index contributed by atoms with van der Waals surface area (Å²) in [6.07, 6.45) is 2.91. The predicted octanol–water partition coefficient (Wildman–Crippen LogP) is 7.97. The molecular formula is C41H33Cl2N7O4. The Labute approximate surface area is 321 Å². The van der Waals surface area contributed by atoms with Gasteiger partial charge in [0.1, 0.15) is 47.9 Å². The minimum absolute atomic E-state index is 0.214. The molecule has 1 fully saturated rings. The highest BCUT2D eigenvalue weighted by molar-refractivity contribution is 6.35. The predicted molar refractivity (Wildman–Crippen MR) is 204 cm³/mol. The summed E-state index contributed by atoms with van der Waals surface area (Å²) in [5, 5.41) is 17.7. The first-order valence-electron chi connectivity index (χ1n) is 17.2. The summed E-state index contributed by atoms with van der Waals surface area (Å²) >= 11 is 12.6. The fourth-order valence-corrected chi connectivity index (χ4v) is 6.63. The second-order valence-electron chi connectivity index (χ2n) is 12.7. The maximum absolute atomic E-state index is 13.7. The maximum Gasteiger partial charge on any atom is 0.271 e.